The van der Waals surface area contributed by atoms with E-state index in [9.17, 15) is 14.4 Å². The zero-order valence-electron chi connectivity index (χ0n) is 14.0. The molecule has 1 rings (SSSR count). The molecule has 0 aromatic carbocycles. The summed E-state index contributed by atoms with van der Waals surface area (Å²) in [6.45, 7) is 4.26. The maximum Gasteiger partial charge on any atom is 0.373 e. The lowest BCUT2D eigenvalue weighted by atomic mass is 10.1. The van der Waals surface area contributed by atoms with Crippen LogP contribution < -0.4 is 0 Å². The van der Waals surface area contributed by atoms with E-state index in [4.69, 9.17) is 5.11 Å². The molecular weight excluding hydrogens is 296 g/mol. The Morgan fingerprint density at radius 3 is 2.26 bits per heavy atom. The van der Waals surface area contributed by atoms with Crippen molar-refractivity contribution >= 4 is 17.7 Å². The van der Waals surface area contributed by atoms with Crippen LogP contribution in [0.2, 0.25) is 0 Å². The molecule has 0 unspecified atom stereocenters. The summed E-state index contributed by atoms with van der Waals surface area (Å²) < 4.78 is 0. The number of hydrogen-bond acceptors (Lipinski definition) is 4. The Morgan fingerprint density at radius 1 is 1.00 bits per heavy atom. The first kappa shape index (κ1) is 19.4. The Morgan fingerprint density at radius 2 is 1.65 bits per heavy atom. The van der Waals surface area contributed by atoms with Gasteiger partial charge in [0.1, 0.15) is 0 Å². The van der Waals surface area contributed by atoms with Crippen LogP contribution in [-0.2, 0) is 14.4 Å². The zero-order valence-corrected chi connectivity index (χ0v) is 14.0. The number of hydrogen-bond donors (Lipinski definition) is 1. The second kappa shape index (κ2) is 10.9. The minimum Gasteiger partial charge on any atom is -0.475 e. The van der Waals surface area contributed by atoms with Gasteiger partial charge in [-0.15, -0.1) is 0 Å². The highest BCUT2D eigenvalue weighted by Gasteiger charge is 2.23. The molecule has 0 saturated carbocycles. The van der Waals surface area contributed by atoms with Crippen LogP contribution in [0.1, 0.15) is 45.4 Å². The number of carbonyl (C=O) groups excluding carboxylic acids is 2. The van der Waals surface area contributed by atoms with Crippen molar-refractivity contribution in [2.75, 3.05) is 32.7 Å². The summed E-state index contributed by atoms with van der Waals surface area (Å²) in [4.78, 5) is 37.2. The Labute approximate surface area is 138 Å². The highest BCUT2D eigenvalue weighted by atomic mass is 16.4. The van der Waals surface area contributed by atoms with Gasteiger partial charge >= 0.3 is 5.97 Å². The van der Waals surface area contributed by atoms with Crippen molar-refractivity contribution in [2.24, 2.45) is 0 Å². The summed E-state index contributed by atoms with van der Waals surface area (Å²) in [5.74, 6) is -2.19. The van der Waals surface area contributed by atoms with E-state index in [2.05, 4.69) is 6.92 Å². The molecule has 1 fully saturated rings. The predicted octanol–water partition coefficient (Wildman–Crippen LogP) is 1.70. The van der Waals surface area contributed by atoms with Crippen LogP contribution in [0.25, 0.3) is 0 Å². The van der Waals surface area contributed by atoms with Crippen LogP contribution in [0.5, 0.6) is 0 Å². The number of piperazine rings is 1. The maximum absolute atomic E-state index is 12.0. The quantitative estimate of drug-likeness (QED) is 0.376. The van der Waals surface area contributed by atoms with Gasteiger partial charge in [0.2, 0.25) is 5.91 Å². The van der Waals surface area contributed by atoms with Crippen molar-refractivity contribution in [2.45, 2.75) is 45.4 Å². The summed E-state index contributed by atoms with van der Waals surface area (Å²) in [6.07, 6.45) is 10.6. The van der Waals surface area contributed by atoms with Gasteiger partial charge in [-0.05, 0) is 18.9 Å². The highest BCUT2D eigenvalue weighted by molar-refractivity contribution is 6.33. The van der Waals surface area contributed by atoms with E-state index in [-0.39, 0.29) is 12.5 Å². The van der Waals surface area contributed by atoms with Gasteiger partial charge in [-0.3, -0.25) is 14.5 Å². The number of ketones is 1. The number of aliphatic carboxylic acids is 1. The molecule has 1 amide bonds. The molecule has 0 aromatic rings. The molecule has 1 N–H and O–H groups in total. The van der Waals surface area contributed by atoms with E-state index in [0.717, 1.165) is 12.8 Å². The van der Waals surface area contributed by atoms with Gasteiger partial charge in [-0.2, -0.15) is 0 Å². The Bertz CT molecular complexity index is 426. The van der Waals surface area contributed by atoms with Crippen LogP contribution >= 0.6 is 0 Å². The van der Waals surface area contributed by atoms with Gasteiger partial charge in [0, 0.05) is 26.2 Å². The first-order valence-corrected chi connectivity index (χ1v) is 8.48. The maximum atomic E-state index is 12.0. The Hall–Kier alpha value is -1.69. The van der Waals surface area contributed by atoms with Crippen LogP contribution in [0.3, 0.4) is 0 Å². The third kappa shape index (κ3) is 7.93. The number of allylic oxidation sites excluding steroid dienone is 1. The van der Waals surface area contributed by atoms with Crippen LogP contribution in [-0.4, -0.2) is 65.3 Å². The van der Waals surface area contributed by atoms with Gasteiger partial charge in [0.25, 0.3) is 5.78 Å². The smallest absolute Gasteiger partial charge is 0.373 e. The van der Waals surface area contributed by atoms with Crippen LogP contribution in [0, 0.1) is 0 Å². The van der Waals surface area contributed by atoms with Crippen LogP contribution in [0.15, 0.2) is 12.2 Å². The van der Waals surface area contributed by atoms with Gasteiger partial charge in [-0.1, -0.05) is 38.7 Å². The molecule has 0 radical (unpaired) electrons. The van der Waals surface area contributed by atoms with Crippen molar-refractivity contribution in [3.63, 3.8) is 0 Å². The molecule has 6 heteroatoms. The molecule has 1 aliphatic rings. The molecule has 0 spiro atoms. The minimum atomic E-state index is -1.40. The molecular formula is C17H28N2O4. The summed E-state index contributed by atoms with van der Waals surface area (Å²) in [5.41, 5.74) is 0. The van der Waals surface area contributed by atoms with Crippen molar-refractivity contribution < 1.29 is 19.5 Å². The number of unbranched alkanes of at least 4 members (excludes halogenated alkanes) is 5. The highest BCUT2D eigenvalue weighted by Crippen LogP contribution is 2.06. The van der Waals surface area contributed by atoms with E-state index < -0.39 is 11.8 Å². The summed E-state index contributed by atoms with van der Waals surface area (Å²) in [5, 5.41) is 8.59. The lowest BCUT2D eigenvalue weighted by molar-refractivity contribution is -0.149. The largest absolute Gasteiger partial charge is 0.475 e. The molecule has 0 atom stereocenters. The van der Waals surface area contributed by atoms with Crippen molar-refractivity contribution in [3.8, 4) is 0 Å². The third-order valence-electron chi connectivity index (χ3n) is 4.02. The van der Waals surface area contributed by atoms with Gasteiger partial charge in [-0.25, -0.2) is 4.79 Å². The zero-order chi connectivity index (χ0) is 17.1. The lowest BCUT2D eigenvalue weighted by Crippen LogP contribution is -2.50. The normalized spacial score (nSPS) is 16.0. The van der Waals surface area contributed by atoms with E-state index in [0.29, 0.717) is 26.2 Å². The average Bonchev–Trinajstić information content (AvgIpc) is 2.54. The van der Waals surface area contributed by atoms with Gasteiger partial charge in [0.15, 0.2) is 0 Å². The fourth-order valence-corrected chi connectivity index (χ4v) is 2.55. The third-order valence-corrected chi connectivity index (χ3v) is 4.02. The number of carboxylic acid groups (broad SMARTS) is 1. The molecule has 0 aromatic heterocycles. The molecule has 23 heavy (non-hydrogen) atoms. The topological polar surface area (TPSA) is 77.9 Å². The summed E-state index contributed by atoms with van der Waals surface area (Å²) in [7, 11) is 0. The Balaban J connectivity index is 2.19. The molecule has 1 saturated heterocycles. The van der Waals surface area contributed by atoms with E-state index in [1.807, 2.05) is 6.08 Å². The number of carbonyl (C=O) groups is 3. The second-order valence-electron chi connectivity index (χ2n) is 5.94. The van der Waals surface area contributed by atoms with Crippen molar-refractivity contribution in [1.82, 2.24) is 9.80 Å². The number of carboxylic acids is 1. The van der Waals surface area contributed by atoms with Crippen LogP contribution in [0.4, 0.5) is 0 Å². The van der Waals surface area contributed by atoms with E-state index in [1.54, 1.807) is 15.9 Å². The van der Waals surface area contributed by atoms with Crippen molar-refractivity contribution in [1.29, 1.82) is 0 Å². The van der Waals surface area contributed by atoms with E-state index >= 15 is 0 Å². The monoisotopic (exact) mass is 324 g/mol. The predicted molar refractivity (Wildman–Crippen MR) is 88.2 cm³/mol. The summed E-state index contributed by atoms with van der Waals surface area (Å²) >= 11 is 0. The molecule has 1 heterocycles. The molecule has 6 nitrogen and oxygen atoms in total. The fraction of sp³-hybridized carbons (Fsp3) is 0.706. The number of amides is 1. The summed E-state index contributed by atoms with van der Waals surface area (Å²) in [6, 6.07) is 0. The molecule has 130 valence electrons. The molecule has 1 aliphatic heterocycles. The SMILES string of the molecule is CCCCCCC/C=C/C(=O)N1CCN(CC(=O)C(=O)O)CC1. The first-order chi connectivity index (χ1) is 11.0. The van der Waals surface area contributed by atoms with Gasteiger partial charge < -0.3 is 10.0 Å². The molecule has 0 bridgehead atoms. The second-order valence-corrected chi connectivity index (χ2v) is 5.94. The minimum absolute atomic E-state index is 0.00256. The Kier molecular flexibility index (Phi) is 9.21. The molecule has 0 aliphatic carbocycles. The number of rotatable bonds is 10. The van der Waals surface area contributed by atoms with E-state index in [1.165, 1.54) is 25.7 Å². The van der Waals surface area contributed by atoms with Crippen molar-refractivity contribution in [3.05, 3.63) is 12.2 Å². The fourth-order valence-electron chi connectivity index (χ4n) is 2.55. The average molecular weight is 324 g/mol. The number of nitrogens with zero attached hydrogens (tertiary/aromatic N) is 2. The lowest BCUT2D eigenvalue weighted by Gasteiger charge is -2.33. The number of Topliss-reactive ketones (excluding diaryl/α,β-unsaturated/α-hetero) is 1. The standard InChI is InChI=1S/C17H28N2O4/c1-2-3-4-5-6-7-8-9-16(21)19-12-10-18(11-13-19)14-15(20)17(22)23/h8-9H,2-7,10-14H2,1H3,(H,22,23)/b9-8+. The van der Waals surface area contributed by atoms with Gasteiger partial charge in [0.05, 0.1) is 6.54 Å². The first-order valence-electron chi connectivity index (χ1n) is 8.48.